The highest BCUT2D eigenvalue weighted by Crippen LogP contribution is 2.09. The Labute approximate surface area is 122 Å². The summed E-state index contributed by atoms with van der Waals surface area (Å²) in [5.74, 6) is -1.92. The smallest absolute Gasteiger partial charge is 0.246 e. The highest BCUT2D eigenvalue weighted by molar-refractivity contribution is 5.91. The molecule has 0 aromatic rings. The van der Waals surface area contributed by atoms with E-state index in [0.717, 1.165) is 0 Å². The summed E-state index contributed by atoms with van der Waals surface area (Å²) in [6.07, 6.45) is 0.362. The zero-order chi connectivity index (χ0) is 16.6. The number of rotatable bonds is 9. The van der Waals surface area contributed by atoms with Gasteiger partial charge in [0.1, 0.15) is 12.1 Å². The Morgan fingerprint density at radius 2 is 1.81 bits per heavy atom. The molecule has 2 unspecified atom stereocenters. The average molecular weight is 302 g/mol. The van der Waals surface area contributed by atoms with Crippen LogP contribution in [0.1, 0.15) is 27.2 Å². The molecule has 2 atom stereocenters. The maximum atomic E-state index is 12.0. The van der Waals surface area contributed by atoms with Gasteiger partial charge in [0, 0.05) is 0 Å². The largest absolute Gasteiger partial charge is 0.368 e. The second kappa shape index (κ2) is 8.90. The Morgan fingerprint density at radius 1 is 1.24 bits per heavy atom. The molecule has 0 aliphatic rings. The number of nitrogens with one attached hydrogen (secondary N) is 2. The molecule has 0 heterocycles. The minimum atomic E-state index is -1.09. The quantitative estimate of drug-likeness (QED) is 0.229. The molecule has 9 heteroatoms. The van der Waals surface area contributed by atoms with Gasteiger partial charge in [0.05, 0.1) is 6.54 Å². The van der Waals surface area contributed by atoms with E-state index >= 15 is 0 Å². The van der Waals surface area contributed by atoms with Crippen molar-refractivity contribution in [2.24, 2.45) is 11.7 Å². The third-order valence-electron chi connectivity index (χ3n) is 2.61. The number of hydrogen-bond acceptors (Lipinski definition) is 5. The van der Waals surface area contributed by atoms with Crippen LogP contribution >= 0.6 is 0 Å². The molecular formula is C12H22N4O5. The molecule has 0 radical (unpaired) electrons. The molecular weight excluding hydrogens is 280 g/mol. The van der Waals surface area contributed by atoms with E-state index in [2.05, 4.69) is 10.6 Å². The van der Waals surface area contributed by atoms with E-state index in [9.17, 15) is 24.4 Å². The monoisotopic (exact) mass is 302 g/mol. The SMILES string of the molecule is CC(C)CC(C(=O)NC(C)C(=O)NCC(N)=O)N(O)C=O. The van der Waals surface area contributed by atoms with Crippen molar-refractivity contribution >= 4 is 24.1 Å². The first kappa shape index (κ1) is 18.8. The lowest BCUT2D eigenvalue weighted by Crippen LogP contribution is -2.52. The molecule has 21 heavy (non-hydrogen) atoms. The zero-order valence-electron chi connectivity index (χ0n) is 12.3. The van der Waals surface area contributed by atoms with Gasteiger partial charge in [-0.3, -0.25) is 24.4 Å². The lowest BCUT2D eigenvalue weighted by atomic mass is 10.0. The van der Waals surface area contributed by atoms with Crippen LogP contribution in [0.25, 0.3) is 0 Å². The van der Waals surface area contributed by atoms with Gasteiger partial charge < -0.3 is 16.4 Å². The van der Waals surface area contributed by atoms with Crippen molar-refractivity contribution in [1.82, 2.24) is 15.7 Å². The Bertz CT molecular complexity index is 399. The second-order valence-corrected chi connectivity index (χ2v) is 5.05. The summed E-state index contributed by atoms with van der Waals surface area (Å²) in [6.45, 7) is 4.71. The molecule has 4 amide bonds. The fourth-order valence-corrected chi connectivity index (χ4v) is 1.56. The maximum Gasteiger partial charge on any atom is 0.246 e. The van der Waals surface area contributed by atoms with Crippen molar-refractivity contribution in [3.8, 4) is 0 Å². The van der Waals surface area contributed by atoms with Crippen molar-refractivity contribution in [2.45, 2.75) is 39.3 Å². The first-order valence-electron chi connectivity index (χ1n) is 6.47. The van der Waals surface area contributed by atoms with Crippen LogP contribution in [0, 0.1) is 5.92 Å². The summed E-state index contributed by atoms with van der Waals surface area (Å²) in [5, 5.41) is 14.3. The molecule has 0 rings (SSSR count). The Balaban J connectivity index is 4.62. The number of primary amides is 1. The molecule has 0 saturated heterocycles. The Kier molecular flexibility index (Phi) is 7.99. The third-order valence-corrected chi connectivity index (χ3v) is 2.61. The Morgan fingerprint density at radius 3 is 2.24 bits per heavy atom. The van der Waals surface area contributed by atoms with Crippen molar-refractivity contribution in [2.75, 3.05) is 6.54 Å². The summed E-state index contributed by atoms with van der Waals surface area (Å²) in [6, 6.07) is -2.03. The van der Waals surface area contributed by atoms with E-state index in [0.29, 0.717) is 0 Å². The van der Waals surface area contributed by atoms with Crippen LogP contribution in [-0.2, 0) is 19.2 Å². The Hall–Kier alpha value is -2.16. The van der Waals surface area contributed by atoms with E-state index in [-0.39, 0.29) is 30.4 Å². The van der Waals surface area contributed by atoms with Gasteiger partial charge in [-0.25, -0.2) is 5.06 Å². The summed E-state index contributed by atoms with van der Waals surface area (Å²) in [7, 11) is 0. The van der Waals surface area contributed by atoms with Crippen LogP contribution in [0.15, 0.2) is 0 Å². The molecule has 0 aromatic heterocycles. The van der Waals surface area contributed by atoms with E-state index in [4.69, 9.17) is 5.73 Å². The van der Waals surface area contributed by atoms with Gasteiger partial charge in [0.2, 0.25) is 24.1 Å². The van der Waals surface area contributed by atoms with E-state index in [1.165, 1.54) is 6.92 Å². The molecule has 5 N–H and O–H groups in total. The molecule has 0 saturated carbocycles. The van der Waals surface area contributed by atoms with Gasteiger partial charge in [0.25, 0.3) is 0 Å². The predicted octanol–water partition coefficient (Wildman–Crippen LogP) is -1.65. The molecule has 0 spiro atoms. The van der Waals surface area contributed by atoms with Crippen LogP contribution < -0.4 is 16.4 Å². The topological polar surface area (TPSA) is 142 Å². The average Bonchev–Trinajstić information content (AvgIpc) is 2.40. The highest BCUT2D eigenvalue weighted by atomic mass is 16.5. The van der Waals surface area contributed by atoms with E-state index in [1.54, 1.807) is 0 Å². The van der Waals surface area contributed by atoms with Gasteiger partial charge >= 0.3 is 0 Å². The van der Waals surface area contributed by atoms with Crippen LogP contribution in [0.4, 0.5) is 0 Å². The minimum absolute atomic E-state index is 0.0503. The third kappa shape index (κ3) is 7.25. The zero-order valence-corrected chi connectivity index (χ0v) is 12.3. The van der Waals surface area contributed by atoms with Crippen molar-refractivity contribution in [3.05, 3.63) is 0 Å². The minimum Gasteiger partial charge on any atom is -0.368 e. The van der Waals surface area contributed by atoms with Gasteiger partial charge in [-0.15, -0.1) is 0 Å². The van der Waals surface area contributed by atoms with Crippen LogP contribution in [-0.4, -0.2) is 53.0 Å². The lowest BCUT2D eigenvalue weighted by Gasteiger charge is -2.24. The molecule has 9 nitrogen and oxygen atoms in total. The molecule has 0 aromatic carbocycles. The van der Waals surface area contributed by atoms with E-state index < -0.39 is 29.8 Å². The first-order chi connectivity index (χ1) is 9.68. The molecule has 0 aliphatic carbocycles. The number of hydrogen-bond donors (Lipinski definition) is 4. The number of nitrogens with two attached hydrogens (primary N) is 1. The molecule has 0 aliphatic heterocycles. The van der Waals surface area contributed by atoms with Crippen LogP contribution in [0.2, 0.25) is 0 Å². The first-order valence-corrected chi connectivity index (χ1v) is 6.47. The normalized spacial score (nSPS) is 13.2. The highest BCUT2D eigenvalue weighted by Gasteiger charge is 2.27. The maximum absolute atomic E-state index is 12.0. The number of carbonyl (C=O) groups is 4. The summed E-state index contributed by atoms with van der Waals surface area (Å²) >= 11 is 0. The van der Waals surface area contributed by atoms with Crippen molar-refractivity contribution in [3.63, 3.8) is 0 Å². The van der Waals surface area contributed by atoms with Gasteiger partial charge in [-0.05, 0) is 19.3 Å². The summed E-state index contributed by atoms with van der Waals surface area (Å²) in [5.41, 5.74) is 4.88. The van der Waals surface area contributed by atoms with Crippen LogP contribution in [0.5, 0.6) is 0 Å². The van der Waals surface area contributed by atoms with Crippen molar-refractivity contribution in [1.29, 1.82) is 0 Å². The number of carbonyl (C=O) groups excluding carboxylic acids is 4. The standard InChI is InChI=1S/C12H22N4O5/c1-7(2)4-9(16(21)6-17)12(20)15-8(3)11(19)14-5-10(13)18/h6-9,21H,4-5H2,1-3H3,(H2,13,18)(H,14,19)(H,15,20). The number of amides is 4. The molecule has 120 valence electrons. The fourth-order valence-electron chi connectivity index (χ4n) is 1.56. The van der Waals surface area contributed by atoms with E-state index in [1.807, 2.05) is 13.8 Å². The lowest BCUT2D eigenvalue weighted by molar-refractivity contribution is -0.169. The number of nitrogens with zero attached hydrogens (tertiary/aromatic N) is 1. The van der Waals surface area contributed by atoms with Crippen LogP contribution in [0.3, 0.4) is 0 Å². The number of hydroxylamine groups is 2. The van der Waals surface area contributed by atoms with Gasteiger partial charge in [-0.1, -0.05) is 13.8 Å². The fraction of sp³-hybridized carbons (Fsp3) is 0.667. The van der Waals surface area contributed by atoms with Gasteiger partial charge in [0.15, 0.2) is 0 Å². The van der Waals surface area contributed by atoms with Crippen molar-refractivity contribution < 1.29 is 24.4 Å². The van der Waals surface area contributed by atoms with Gasteiger partial charge in [-0.2, -0.15) is 0 Å². The summed E-state index contributed by atoms with van der Waals surface area (Å²) < 4.78 is 0. The summed E-state index contributed by atoms with van der Waals surface area (Å²) in [4.78, 5) is 44.7. The predicted molar refractivity (Wildman–Crippen MR) is 72.7 cm³/mol. The second-order valence-electron chi connectivity index (χ2n) is 5.05. The molecule has 0 fully saturated rings. The molecule has 0 bridgehead atoms.